The molecule has 22 heavy (non-hydrogen) atoms. The van der Waals surface area contributed by atoms with Gasteiger partial charge in [-0.2, -0.15) is 0 Å². The maximum Gasteiger partial charge on any atom is 0.419 e. The summed E-state index contributed by atoms with van der Waals surface area (Å²) in [5.41, 5.74) is 2.40. The Morgan fingerprint density at radius 1 is 1.18 bits per heavy atom. The summed E-state index contributed by atoms with van der Waals surface area (Å²) in [7, 11) is 1.62. The lowest BCUT2D eigenvalue weighted by Gasteiger charge is -1.97. The van der Waals surface area contributed by atoms with Gasteiger partial charge in [0.1, 0.15) is 0 Å². The molecule has 0 spiro atoms. The number of hydrogen-bond acceptors (Lipinski definition) is 3. The zero-order valence-corrected chi connectivity index (χ0v) is 12.5. The fourth-order valence-corrected chi connectivity index (χ4v) is 2.26. The summed E-state index contributed by atoms with van der Waals surface area (Å²) in [6.07, 6.45) is 3.19. The third kappa shape index (κ3) is 2.73. The van der Waals surface area contributed by atoms with Crippen molar-refractivity contribution >= 4 is 34.6 Å². The van der Waals surface area contributed by atoms with E-state index in [1.165, 1.54) is 10.6 Å². The zero-order valence-electron chi connectivity index (χ0n) is 11.7. The van der Waals surface area contributed by atoms with Crippen molar-refractivity contribution in [1.29, 1.82) is 0 Å². The predicted molar refractivity (Wildman–Crippen MR) is 86.3 cm³/mol. The second-order valence-electron chi connectivity index (χ2n) is 4.86. The monoisotopic (exact) mass is 313 g/mol. The van der Waals surface area contributed by atoms with Crippen LogP contribution in [-0.4, -0.2) is 10.4 Å². The van der Waals surface area contributed by atoms with E-state index in [1.54, 1.807) is 43.5 Å². The number of aryl methyl sites for hydroxylation is 1. The van der Waals surface area contributed by atoms with Gasteiger partial charge in [-0.05, 0) is 42.0 Å². The molecular formula is C17H12ClNO3. The Bertz CT molecular complexity index is 933. The number of halogens is 1. The first-order chi connectivity index (χ1) is 10.5. The number of ketones is 1. The maximum absolute atomic E-state index is 12.2. The number of benzene rings is 2. The first-order valence-electron chi connectivity index (χ1n) is 6.62. The van der Waals surface area contributed by atoms with Crippen LogP contribution in [-0.2, 0) is 7.05 Å². The van der Waals surface area contributed by atoms with Crippen LogP contribution < -0.4 is 5.76 Å². The molecule has 110 valence electrons. The van der Waals surface area contributed by atoms with E-state index in [0.29, 0.717) is 21.7 Å². The van der Waals surface area contributed by atoms with Gasteiger partial charge >= 0.3 is 5.76 Å². The van der Waals surface area contributed by atoms with Crippen LogP contribution in [0.1, 0.15) is 15.9 Å². The third-order valence-corrected chi connectivity index (χ3v) is 3.63. The standard InChI is InChI=1S/C17H12ClNO3/c1-19-14-8-5-12(10-16(14)22-17(19)21)15(20)9-4-11-2-6-13(18)7-3-11/h2-10H,1H3/b9-4+. The van der Waals surface area contributed by atoms with E-state index >= 15 is 0 Å². The molecule has 0 radical (unpaired) electrons. The van der Waals surface area contributed by atoms with Gasteiger partial charge in [-0.15, -0.1) is 0 Å². The molecule has 0 unspecified atom stereocenters. The minimum atomic E-state index is -0.448. The first-order valence-corrected chi connectivity index (χ1v) is 7.00. The topological polar surface area (TPSA) is 52.2 Å². The fourth-order valence-electron chi connectivity index (χ4n) is 2.13. The summed E-state index contributed by atoms with van der Waals surface area (Å²) in [5, 5.41) is 0.646. The van der Waals surface area contributed by atoms with Crippen molar-refractivity contribution in [1.82, 2.24) is 4.57 Å². The second-order valence-corrected chi connectivity index (χ2v) is 5.30. The highest BCUT2D eigenvalue weighted by Crippen LogP contribution is 2.16. The van der Waals surface area contributed by atoms with E-state index in [9.17, 15) is 9.59 Å². The minimum Gasteiger partial charge on any atom is -0.408 e. The van der Waals surface area contributed by atoms with Gasteiger partial charge in [0.25, 0.3) is 0 Å². The lowest BCUT2D eigenvalue weighted by Crippen LogP contribution is -2.08. The summed E-state index contributed by atoms with van der Waals surface area (Å²) in [6, 6.07) is 12.1. The number of carbonyl (C=O) groups is 1. The van der Waals surface area contributed by atoms with E-state index in [1.807, 2.05) is 12.1 Å². The van der Waals surface area contributed by atoms with Crippen molar-refractivity contribution in [3.63, 3.8) is 0 Å². The molecule has 0 aliphatic heterocycles. The van der Waals surface area contributed by atoms with Crippen LogP contribution in [0.25, 0.3) is 17.2 Å². The van der Waals surface area contributed by atoms with Gasteiger partial charge in [0.05, 0.1) is 5.52 Å². The van der Waals surface area contributed by atoms with Crippen LogP contribution in [0.5, 0.6) is 0 Å². The Hall–Kier alpha value is -2.59. The largest absolute Gasteiger partial charge is 0.419 e. The van der Waals surface area contributed by atoms with Gasteiger partial charge in [0.2, 0.25) is 0 Å². The molecule has 0 saturated heterocycles. The van der Waals surface area contributed by atoms with Gasteiger partial charge in [-0.1, -0.05) is 29.8 Å². The Balaban J connectivity index is 1.88. The number of fused-ring (bicyclic) bond motifs is 1. The number of aromatic nitrogens is 1. The Kier molecular flexibility index (Phi) is 3.69. The normalized spacial score (nSPS) is 11.4. The molecule has 0 amide bonds. The molecule has 4 nitrogen and oxygen atoms in total. The highest BCUT2D eigenvalue weighted by Gasteiger charge is 2.09. The molecule has 0 aliphatic rings. The quantitative estimate of drug-likeness (QED) is 0.547. The lowest BCUT2D eigenvalue weighted by atomic mass is 10.1. The molecule has 0 aliphatic carbocycles. The fraction of sp³-hybridized carbons (Fsp3) is 0.0588. The summed E-state index contributed by atoms with van der Waals surface area (Å²) in [4.78, 5) is 23.6. The van der Waals surface area contributed by atoms with Gasteiger partial charge in [-0.3, -0.25) is 9.36 Å². The number of allylic oxidation sites excluding steroid dienone is 1. The number of carbonyl (C=O) groups excluding carboxylic acids is 1. The van der Waals surface area contributed by atoms with Crippen LogP contribution in [0.4, 0.5) is 0 Å². The van der Waals surface area contributed by atoms with E-state index in [4.69, 9.17) is 16.0 Å². The molecule has 0 N–H and O–H groups in total. The highest BCUT2D eigenvalue weighted by molar-refractivity contribution is 6.30. The van der Waals surface area contributed by atoms with E-state index < -0.39 is 5.76 Å². The second kappa shape index (κ2) is 5.66. The first kappa shape index (κ1) is 14.4. The van der Waals surface area contributed by atoms with Gasteiger partial charge in [0.15, 0.2) is 11.4 Å². The van der Waals surface area contributed by atoms with Crippen molar-refractivity contribution in [2.24, 2.45) is 7.05 Å². The Morgan fingerprint density at radius 2 is 1.91 bits per heavy atom. The smallest absolute Gasteiger partial charge is 0.408 e. The van der Waals surface area contributed by atoms with Gasteiger partial charge in [0, 0.05) is 17.6 Å². The van der Waals surface area contributed by atoms with Crippen LogP contribution in [0.15, 0.2) is 57.8 Å². The maximum atomic E-state index is 12.2. The Morgan fingerprint density at radius 3 is 2.64 bits per heavy atom. The third-order valence-electron chi connectivity index (χ3n) is 3.37. The van der Waals surface area contributed by atoms with E-state index in [2.05, 4.69) is 0 Å². The average Bonchev–Trinajstić information content (AvgIpc) is 2.80. The summed E-state index contributed by atoms with van der Waals surface area (Å²) in [5.74, 6) is -0.611. The highest BCUT2D eigenvalue weighted by atomic mass is 35.5. The van der Waals surface area contributed by atoms with Crippen LogP contribution >= 0.6 is 11.6 Å². The zero-order chi connectivity index (χ0) is 15.7. The molecule has 5 heteroatoms. The molecule has 3 rings (SSSR count). The molecule has 0 atom stereocenters. The van der Waals surface area contributed by atoms with Crippen molar-refractivity contribution in [2.75, 3.05) is 0 Å². The van der Waals surface area contributed by atoms with Crippen LogP contribution in [0, 0.1) is 0 Å². The number of rotatable bonds is 3. The molecular weight excluding hydrogens is 302 g/mol. The van der Waals surface area contributed by atoms with Crippen molar-refractivity contribution < 1.29 is 9.21 Å². The van der Waals surface area contributed by atoms with E-state index in [-0.39, 0.29) is 5.78 Å². The minimum absolute atomic E-state index is 0.164. The van der Waals surface area contributed by atoms with Crippen LogP contribution in [0.3, 0.4) is 0 Å². The summed E-state index contributed by atoms with van der Waals surface area (Å²) < 4.78 is 6.48. The lowest BCUT2D eigenvalue weighted by molar-refractivity contribution is 0.104. The van der Waals surface area contributed by atoms with E-state index in [0.717, 1.165) is 5.56 Å². The van der Waals surface area contributed by atoms with Crippen LogP contribution in [0.2, 0.25) is 5.02 Å². The van der Waals surface area contributed by atoms with Gasteiger partial charge in [-0.25, -0.2) is 4.79 Å². The molecule has 2 aromatic carbocycles. The number of hydrogen-bond donors (Lipinski definition) is 0. The SMILES string of the molecule is Cn1c(=O)oc2cc(C(=O)/C=C/c3ccc(Cl)cc3)ccc21. The van der Waals surface area contributed by atoms with Crippen molar-refractivity contribution in [3.8, 4) is 0 Å². The molecule has 0 bridgehead atoms. The molecule has 3 aromatic rings. The molecule has 1 aromatic heterocycles. The van der Waals surface area contributed by atoms with Gasteiger partial charge < -0.3 is 4.42 Å². The average molecular weight is 314 g/mol. The summed E-state index contributed by atoms with van der Waals surface area (Å²) in [6.45, 7) is 0. The predicted octanol–water partition coefficient (Wildman–Crippen LogP) is 3.68. The number of oxazole rings is 1. The van der Waals surface area contributed by atoms with Crippen molar-refractivity contribution in [2.45, 2.75) is 0 Å². The number of nitrogens with zero attached hydrogens (tertiary/aromatic N) is 1. The van der Waals surface area contributed by atoms with Crippen molar-refractivity contribution in [3.05, 3.63) is 75.2 Å². The molecule has 1 heterocycles. The molecule has 0 fully saturated rings. The molecule has 0 saturated carbocycles. The summed E-state index contributed by atoms with van der Waals surface area (Å²) >= 11 is 5.81. The Labute approximate surface area is 131 Å².